The molecule has 0 aliphatic heterocycles. The maximum atomic E-state index is 12.6. The highest BCUT2D eigenvalue weighted by Gasteiger charge is 2.51. The Labute approximate surface area is 128 Å². The van der Waals surface area contributed by atoms with Crippen LogP contribution >= 0.6 is 0 Å². The third-order valence-corrected chi connectivity index (χ3v) is 6.99. The van der Waals surface area contributed by atoms with Gasteiger partial charge in [0.05, 0.1) is 5.54 Å². The molecule has 0 spiro atoms. The highest BCUT2D eigenvalue weighted by Crippen LogP contribution is 2.59. The van der Waals surface area contributed by atoms with Gasteiger partial charge in [0.2, 0.25) is 5.91 Å². The Morgan fingerprint density at radius 2 is 1.48 bits per heavy atom. The van der Waals surface area contributed by atoms with Gasteiger partial charge in [0.25, 0.3) is 0 Å². The van der Waals surface area contributed by atoms with Gasteiger partial charge in [0.1, 0.15) is 0 Å². The zero-order valence-electron chi connectivity index (χ0n) is 13.2. The predicted octanol–water partition coefficient (Wildman–Crippen LogP) is 2.98. The molecule has 4 bridgehead atoms. The lowest BCUT2D eigenvalue weighted by Crippen LogP contribution is -2.58. The highest BCUT2D eigenvalue weighted by atomic mass is 16.2. The van der Waals surface area contributed by atoms with Gasteiger partial charge >= 0.3 is 0 Å². The van der Waals surface area contributed by atoms with Crippen molar-refractivity contribution in [3.63, 3.8) is 0 Å². The molecule has 5 saturated carbocycles. The SMILES string of the molecule is NC1(C(=O)NCC23CC4CC(CC(C4)C2)C3)CCCCC1. The van der Waals surface area contributed by atoms with E-state index in [1.54, 1.807) is 0 Å². The van der Waals surface area contributed by atoms with Gasteiger partial charge in [-0.15, -0.1) is 0 Å². The molecule has 5 rings (SSSR count). The fourth-order valence-electron chi connectivity index (χ4n) is 6.36. The van der Waals surface area contributed by atoms with Gasteiger partial charge in [-0.2, -0.15) is 0 Å². The average molecular weight is 290 g/mol. The lowest BCUT2D eigenvalue weighted by molar-refractivity contribution is -0.129. The number of rotatable bonds is 3. The summed E-state index contributed by atoms with van der Waals surface area (Å²) in [7, 11) is 0. The van der Waals surface area contributed by atoms with Crippen molar-refractivity contribution in [1.29, 1.82) is 0 Å². The molecule has 0 atom stereocenters. The predicted molar refractivity (Wildman–Crippen MR) is 83.6 cm³/mol. The van der Waals surface area contributed by atoms with E-state index in [2.05, 4.69) is 5.32 Å². The molecule has 0 radical (unpaired) electrons. The van der Waals surface area contributed by atoms with Crippen molar-refractivity contribution in [3.05, 3.63) is 0 Å². The van der Waals surface area contributed by atoms with E-state index in [9.17, 15) is 4.79 Å². The van der Waals surface area contributed by atoms with E-state index in [0.29, 0.717) is 5.41 Å². The fourth-order valence-corrected chi connectivity index (χ4v) is 6.36. The summed E-state index contributed by atoms with van der Waals surface area (Å²) in [6.45, 7) is 0.897. The minimum absolute atomic E-state index is 0.137. The Morgan fingerprint density at radius 3 is 2.00 bits per heavy atom. The lowest BCUT2D eigenvalue weighted by atomic mass is 9.49. The molecule has 0 aromatic heterocycles. The van der Waals surface area contributed by atoms with Crippen LogP contribution in [0.4, 0.5) is 0 Å². The normalized spacial score (nSPS) is 43.8. The molecule has 21 heavy (non-hydrogen) atoms. The van der Waals surface area contributed by atoms with Crippen molar-refractivity contribution in [3.8, 4) is 0 Å². The molecule has 3 heteroatoms. The van der Waals surface area contributed by atoms with Crippen molar-refractivity contribution in [2.45, 2.75) is 76.2 Å². The Hall–Kier alpha value is -0.570. The van der Waals surface area contributed by atoms with Gasteiger partial charge < -0.3 is 11.1 Å². The second-order valence-electron chi connectivity index (χ2n) is 8.82. The van der Waals surface area contributed by atoms with Gasteiger partial charge in [-0.25, -0.2) is 0 Å². The van der Waals surface area contributed by atoms with Gasteiger partial charge in [0.15, 0.2) is 0 Å². The molecule has 0 unspecified atom stereocenters. The molecule has 1 amide bonds. The van der Waals surface area contributed by atoms with Crippen LogP contribution in [-0.4, -0.2) is 18.0 Å². The van der Waals surface area contributed by atoms with Crippen molar-refractivity contribution in [2.75, 3.05) is 6.54 Å². The van der Waals surface area contributed by atoms with Crippen LogP contribution in [0.5, 0.6) is 0 Å². The second-order valence-corrected chi connectivity index (χ2v) is 8.82. The van der Waals surface area contributed by atoms with Crippen molar-refractivity contribution >= 4 is 5.91 Å². The summed E-state index contributed by atoms with van der Waals surface area (Å²) in [5.41, 5.74) is 6.23. The number of carbonyl (C=O) groups is 1. The zero-order valence-corrected chi connectivity index (χ0v) is 13.2. The molecule has 5 aliphatic rings. The minimum atomic E-state index is -0.569. The first-order chi connectivity index (χ1) is 10.1. The van der Waals surface area contributed by atoms with Gasteiger partial charge in [-0.3, -0.25) is 4.79 Å². The molecule has 5 aliphatic carbocycles. The Morgan fingerprint density at radius 1 is 0.952 bits per heavy atom. The summed E-state index contributed by atoms with van der Waals surface area (Å²) in [5, 5.41) is 3.29. The summed E-state index contributed by atoms with van der Waals surface area (Å²) >= 11 is 0. The quantitative estimate of drug-likeness (QED) is 0.839. The highest BCUT2D eigenvalue weighted by molar-refractivity contribution is 5.86. The number of nitrogens with one attached hydrogen (secondary N) is 1. The lowest BCUT2D eigenvalue weighted by Gasteiger charge is -2.57. The maximum Gasteiger partial charge on any atom is 0.240 e. The smallest absolute Gasteiger partial charge is 0.240 e. The van der Waals surface area contributed by atoms with Gasteiger partial charge in [-0.1, -0.05) is 19.3 Å². The Kier molecular flexibility index (Phi) is 3.33. The zero-order chi connectivity index (χ0) is 14.5. The number of hydrogen-bond acceptors (Lipinski definition) is 2. The largest absolute Gasteiger partial charge is 0.354 e. The van der Waals surface area contributed by atoms with E-state index < -0.39 is 5.54 Å². The molecule has 3 nitrogen and oxygen atoms in total. The minimum Gasteiger partial charge on any atom is -0.354 e. The monoisotopic (exact) mass is 290 g/mol. The van der Waals surface area contributed by atoms with Crippen molar-refractivity contribution < 1.29 is 4.79 Å². The average Bonchev–Trinajstić information content (AvgIpc) is 2.44. The molecule has 118 valence electrons. The van der Waals surface area contributed by atoms with E-state index in [1.165, 1.54) is 44.9 Å². The molecule has 0 aromatic carbocycles. The number of nitrogens with two attached hydrogens (primary N) is 1. The van der Waals surface area contributed by atoms with Crippen LogP contribution in [0.3, 0.4) is 0 Å². The molecule has 0 heterocycles. The van der Waals surface area contributed by atoms with Gasteiger partial charge in [-0.05, 0) is 74.5 Å². The Balaban J connectivity index is 1.39. The maximum absolute atomic E-state index is 12.6. The van der Waals surface area contributed by atoms with E-state index in [4.69, 9.17) is 5.73 Å². The number of hydrogen-bond donors (Lipinski definition) is 2. The third-order valence-electron chi connectivity index (χ3n) is 6.99. The first-order valence-electron chi connectivity index (χ1n) is 9.14. The molecular formula is C18H30N2O. The topological polar surface area (TPSA) is 55.1 Å². The molecule has 5 fully saturated rings. The van der Waals surface area contributed by atoms with Crippen LogP contribution in [0, 0.1) is 23.2 Å². The molecule has 0 saturated heterocycles. The first kappa shape index (κ1) is 14.0. The van der Waals surface area contributed by atoms with E-state index in [1.807, 2.05) is 0 Å². The summed E-state index contributed by atoms with van der Waals surface area (Å²) in [6.07, 6.45) is 13.7. The van der Waals surface area contributed by atoms with Crippen LogP contribution < -0.4 is 11.1 Å². The van der Waals surface area contributed by atoms with E-state index in [0.717, 1.165) is 50.0 Å². The third kappa shape index (κ3) is 2.52. The summed E-state index contributed by atoms with van der Waals surface area (Å²) < 4.78 is 0. The molecular weight excluding hydrogens is 260 g/mol. The summed E-state index contributed by atoms with van der Waals surface area (Å²) in [5.74, 6) is 3.00. The van der Waals surface area contributed by atoms with E-state index in [-0.39, 0.29) is 5.91 Å². The summed E-state index contributed by atoms with van der Waals surface area (Å²) in [4.78, 5) is 12.6. The van der Waals surface area contributed by atoms with Crippen molar-refractivity contribution in [1.82, 2.24) is 5.32 Å². The second kappa shape index (κ2) is 4.97. The van der Waals surface area contributed by atoms with Crippen molar-refractivity contribution in [2.24, 2.45) is 28.9 Å². The van der Waals surface area contributed by atoms with Crippen LogP contribution in [0.15, 0.2) is 0 Å². The standard InChI is InChI=1S/C18H30N2O/c19-18(4-2-1-3-5-18)16(21)20-12-17-9-13-6-14(10-17)8-15(7-13)11-17/h13-15H,1-12,19H2,(H,20,21). The van der Waals surface area contributed by atoms with Gasteiger partial charge in [0, 0.05) is 6.54 Å². The first-order valence-corrected chi connectivity index (χ1v) is 9.14. The Bertz CT molecular complexity index is 390. The van der Waals surface area contributed by atoms with Crippen LogP contribution in [0.1, 0.15) is 70.6 Å². The van der Waals surface area contributed by atoms with Crippen LogP contribution in [0.25, 0.3) is 0 Å². The molecule has 3 N–H and O–H groups in total. The van der Waals surface area contributed by atoms with Crippen LogP contribution in [0.2, 0.25) is 0 Å². The number of carbonyl (C=O) groups excluding carboxylic acids is 1. The fraction of sp³-hybridized carbons (Fsp3) is 0.944. The summed E-state index contributed by atoms with van der Waals surface area (Å²) in [6, 6.07) is 0. The molecule has 0 aromatic rings. The van der Waals surface area contributed by atoms with E-state index >= 15 is 0 Å². The number of amides is 1. The van der Waals surface area contributed by atoms with Crippen LogP contribution in [-0.2, 0) is 4.79 Å².